The number of amidine groups is 1. The Morgan fingerprint density at radius 2 is 1.68 bits per heavy atom. The first-order chi connectivity index (χ1) is 19.5. The summed E-state index contributed by atoms with van der Waals surface area (Å²) in [5, 5.41) is 5.72. The van der Waals surface area contributed by atoms with Gasteiger partial charge in [-0.15, -0.1) is 0 Å². The van der Waals surface area contributed by atoms with Gasteiger partial charge in [0, 0.05) is 16.8 Å². The van der Waals surface area contributed by atoms with Crippen LogP contribution >= 0.6 is 11.8 Å². The fourth-order valence-corrected chi connectivity index (χ4v) is 5.88. The van der Waals surface area contributed by atoms with Crippen LogP contribution in [0.1, 0.15) is 49.0 Å². The van der Waals surface area contributed by atoms with E-state index in [2.05, 4.69) is 5.32 Å². The number of hydrogen-bond donors (Lipinski definition) is 1. The Morgan fingerprint density at radius 3 is 2.38 bits per heavy atom. The number of para-hydroxylation sites is 1. The first-order valence-corrected chi connectivity index (χ1v) is 14.1. The number of rotatable bonds is 9. The SMILES string of the molecule is CCOC(=O)C1=C(c2ccccc2)N=C2SC=C(CC(=O)N[C@H](C)c3ccccc3)N2[C@H]1c1ccccc1OC. The Balaban J connectivity index is 1.56. The van der Waals surface area contributed by atoms with Crippen LogP contribution in [-0.2, 0) is 14.3 Å². The number of carbonyl (C=O) groups excluding carboxylic acids is 2. The van der Waals surface area contributed by atoms with Gasteiger partial charge in [0.1, 0.15) is 5.75 Å². The van der Waals surface area contributed by atoms with Gasteiger partial charge in [0.05, 0.1) is 43.5 Å². The summed E-state index contributed by atoms with van der Waals surface area (Å²) >= 11 is 1.44. The fraction of sp³-hybridized carbons (Fsp3) is 0.219. The molecule has 0 fully saturated rings. The van der Waals surface area contributed by atoms with Gasteiger partial charge in [0.25, 0.3) is 0 Å². The van der Waals surface area contributed by atoms with Crippen LogP contribution < -0.4 is 10.1 Å². The molecular weight excluding hydrogens is 522 g/mol. The van der Waals surface area contributed by atoms with Gasteiger partial charge in [-0.05, 0) is 30.9 Å². The van der Waals surface area contributed by atoms with Gasteiger partial charge in [0.2, 0.25) is 5.91 Å². The van der Waals surface area contributed by atoms with E-state index in [0.717, 1.165) is 22.4 Å². The molecule has 2 heterocycles. The third kappa shape index (κ3) is 5.53. The Hall–Kier alpha value is -4.30. The maximum Gasteiger partial charge on any atom is 0.338 e. The highest BCUT2D eigenvalue weighted by Gasteiger charge is 2.43. The van der Waals surface area contributed by atoms with Crippen LogP contribution in [0, 0.1) is 0 Å². The molecule has 0 aromatic heterocycles. The van der Waals surface area contributed by atoms with E-state index in [0.29, 0.717) is 22.2 Å². The highest BCUT2D eigenvalue weighted by atomic mass is 32.2. The van der Waals surface area contributed by atoms with Gasteiger partial charge in [-0.25, -0.2) is 9.79 Å². The molecule has 3 aromatic carbocycles. The topological polar surface area (TPSA) is 80.2 Å². The van der Waals surface area contributed by atoms with Gasteiger partial charge < -0.3 is 19.7 Å². The predicted octanol–water partition coefficient (Wildman–Crippen LogP) is 6.24. The number of nitrogens with zero attached hydrogens (tertiary/aromatic N) is 2. The minimum Gasteiger partial charge on any atom is -0.496 e. The first kappa shape index (κ1) is 27.3. The summed E-state index contributed by atoms with van der Waals surface area (Å²) < 4.78 is 11.3. The molecule has 0 bridgehead atoms. The molecule has 0 saturated carbocycles. The third-order valence-corrected chi connectivity index (χ3v) is 7.69. The summed E-state index contributed by atoms with van der Waals surface area (Å²) in [5.41, 5.74) is 4.30. The van der Waals surface area contributed by atoms with E-state index in [1.807, 2.05) is 102 Å². The van der Waals surface area contributed by atoms with Gasteiger partial charge in [0.15, 0.2) is 5.17 Å². The molecule has 3 aromatic rings. The summed E-state index contributed by atoms with van der Waals surface area (Å²) in [7, 11) is 1.61. The second-order valence-electron chi connectivity index (χ2n) is 9.36. The molecule has 2 atom stereocenters. The third-order valence-electron chi connectivity index (χ3n) is 6.80. The lowest BCUT2D eigenvalue weighted by atomic mass is 9.91. The summed E-state index contributed by atoms with van der Waals surface area (Å²) in [4.78, 5) is 33.9. The number of nitrogens with one attached hydrogen (secondary N) is 1. The van der Waals surface area contributed by atoms with Crippen molar-refractivity contribution in [2.45, 2.75) is 32.4 Å². The van der Waals surface area contributed by atoms with E-state index in [-0.39, 0.29) is 25.0 Å². The van der Waals surface area contributed by atoms with Crippen LogP contribution in [0.25, 0.3) is 5.70 Å². The zero-order chi connectivity index (χ0) is 28.1. The van der Waals surface area contributed by atoms with Crippen molar-refractivity contribution in [3.8, 4) is 5.75 Å². The summed E-state index contributed by atoms with van der Waals surface area (Å²) in [6.07, 6.45) is 0.117. The smallest absolute Gasteiger partial charge is 0.338 e. The second kappa shape index (κ2) is 12.3. The number of aliphatic imine (C=N–C) groups is 1. The maximum atomic E-state index is 13.7. The lowest BCUT2D eigenvalue weighted by Crippen LogP contribution is -2.38. The second-order valence-corrected chi connectivity index (χ2v) is 10.2. The summed E-state index contributed by atoms with van der Waals surface area (Å²) in [5.74, 6) is 0.0403. The molecule has 0 aliphatic carbocycles. The highest BCUT2D eigenvalue weighted by Crippen LogP contribution is 2.48. The normalized spacial score (nSPS) is 17.0. The van der Waals surface area contributed by atoms with E-state index in [4.69, 9.17) is 14.5 Å². The number of methoxy groups -OCH3 is 1. The quantitative estimate of drug-likeness (QED) is 0.316. The Morgan fingerprint density at radius 1 is 1.00 bits per heavy atom. The summed E-state index contributed by atoms with van der Waals surface area (Å²) in [6.45, 7) is 3.96. The van der Waals surface area contributed by atoms with Gasteiger partial charge in [-0.2, -0.15) is 0 Å². The van der Waals surface area contributed by atoms with Crippen molar-refractivity contribution in [1.29, 1.82) is 0 Å². The van der Waals surface area contributed by atoms with Crippen LogP contribution in [0.3, 0.4) is 0 Å². The number of benzene rings is 3. The van der Waals surface area contributed by atoms with Crippen molar-refractivity contribution >= 4 is 34.5 Å². The van der Waals surface area contributed by atoms with Crippen molar-refractivity contribution in [3.63, 3.8) is 0 Å². The number of thioether (sulfide) groups is 1. The minimum absolute atomic E-state index is 0.117. The van der Waals surface area contributed by atoms with Gasteiger partial charge in [-0.3, -0.25) is 4.79 Å². The standard InChI is InChI=1S/C32H31N3O4S/c1-4-39-31(37)28-29(23-15-9-6-10-16-23)34-32-35(30(28)25-17-11-12-18-26(25)38-3)24(20-40-32)19-27(36)33-21(2)22-13-7-5-8-14-22/h5-18,20-21,30H,4,19H2,1-3H3,(H,33,36)/t21-,30+/m1/s1. The van der Waals surface area contributed by atoms with E-state index in [9.17, 15) is 9.59 Å². The first-order valence-electron chi connectivity index (χ1n) is 13.2. The van der Waals surface area contributed by atoms with E-state index < -0.39 is 12.0 Å². The molecule has 5 rings (SSSR count). The molecule has 1 amide bonds. The molecule has 204 valence electrons. The van der Waals surface area contributed by atoms with Crippen LogP contribution in [-0.4, -0.2) is 35.7 Å². The molecule has 1 N–H and O–H groups in total. The molecule has 0 radical (unpaired) electrons. The molecular formula is C32H31N3O4S. The molecule has 0 unspecified atom stereocenters. The molecule has 7 nitrogen and oxygen atoms in total. The fourth-order valence-electron chi connectivity index (χ4n) is 4.96. The number of ether oxygens (including phenoxy) is 2. The number of amides is 1. The monoisotopic (exact) mass is 553 g/mol. The summed E-state index contributed by atoms with van der Waals surface area (Å²) in [6, 6.07) is 26.3. The van der Waals surface area contributed by atoms with Crippen molar-refractivity contribution < 1.29 is 19.1 Å². The van der Waals surface area contributed by atoms with Gasteiger partial charge in [-0.1, -0.05) is 90.6 Å². The highest BCUT2D eigenvalue weighted by molar-refractivity contribution is 8.16. The lowest BCUT2D eigenvalue weighted by Gasteiger charge is -2.37. The number of carbonyl (C=O) groups is 2. The lowest BCUT2D eigenvalue weighted by molar-refractivity contribution is -0.139. The number of fused-ring (bicyclic) bond motifs is 1. The number of esters is 1. The van der Waals surface area contributed by atoms with Crippen LogP contribution in [0.15, 0.2) is 107 Å². The number of hydrogen-bond acceptors (Lipinski definition) is 7. The Labute approximate surface area is 238 Å². The zero-order valence-electron chi connectivity index (χ0n) is 22.7. The van der Waals surface area contributed by atoms with Crippen LogP contribution in [0.4, 0.5) is 0 Å². The van der Waals surface area contributed by atoms with E-state index >= 15 is 0 Å². The average molecular weight is 554 g/mol. The molecule has 0 spiro atoms. The van der Waals surface area contributed by atoms with Crippen molar-refractivity contribution in [1.82, 2.24) is 10.2 Å². The molecule has 2 aliphatic heterocycles. The van der Waals surface area contributed by atoms with Crippen molar-refractivity contribution in [2.75, 3.05) is 13.7 Å². The van der Waals surface area contributed by atoms with Gasteiger partial charge >= 0.3 is 5.97 Å². The van der Waals surface area contributed by atoms with Crippen LogP contribution in [0.2, 0.25) is 0 Å². The van der Waals surface area contributed by atoms with Crippen LogP contribution in [0.5, 0.6) is 5.75 Å². The Bertz CT molecular complexity index is 1480. The largest absolute Gasteiger partial charge is 0.496 e. The molecule has 2 aliphatic rings. The molecule has 0 saturated heterocycles. The van der Waals surface area contributed by atoms with E-state index in [1.54, 1.807) is 14.0 Å². The average Bonchev–Trinajstić information content (AvgIpc) is 3.39. The molecule has 8 heteroatoms. The van der Waals surface area contributed by atoms with E-state index in [1.165, 1.54) is 11.8 Å². The predicted molar refractivity (Wildman–Crippen MR) is 158 cm³/mol. The van der Waals surface area contributed by atoms with Crippen molar-refractivity contribution in [2.24, 2.45) is 4.99 Å². The zero-order valence-corrected chi connectivity index (χ0v) is 23.5. The minimum atomic E-state index is -0.612. The Kier molecular flexibility index (Phi) is 8.36. The van der Waals surface area contributed by atoms with Crippen molar-refractivity contribution in [3.05, 3.63) is 118 Å². The molecule has 40 heavy (non-hydrogen) atoms. The maximum absolute atomic E-state index is 13.7.